The van der Waals surface area contributed by atoms with Crippen LogP contribution in [0.5, 0.6) is 11.5 Å². The van der Waals surface area contributed by atoms with Crippen LogP contribution in [0.2, 0.25) is 0 Å². The molecular weight excluding hydrogens is 662 g/mol. The highest BCUT2D eigenvalue weighted by Crippen LogP contribution is 2.33. The van der Waals surface area contributed by atoms with Gasteiger partial charge in [-0.2, -0.15) is 5.26 Å². The summed E-state index contributed by atoms with van der Waals surface area (Å²) < 4.78 is 26.5. The largest absolute Gasteiger partial charge is 0.489 e. The Labute approximate surface area is 242 Å². The maximum Gasteiger partial charge on any atom is 0.266 e. The van der Waals surface area contributed by atoms with Crippen LogP contribution >= 0.6 is 38.5 Å². The third-order valence-electron chi connectivity index (χ3n) is 5.33. The Bertz CT molecular complexity index is 1480. The number of carbonyl (C=O) groups excluding carboxylic acids is 1. The molecule has 0 saturated carbocycles. The molecule has 190 valence electrons. The summed E-state index contributed by atoms with van der Waals surface area (Å²) in [5.41, 5.74) is 2.90. The van der Waals surface area contributed by atoms with Crippen LogP contribution in [-0.2, 0) is 18.0 Å². The average Bonchev–Trinajstić information content (AvgIpc) is 2.91. The van der Waals surface area contributed by atoms with E-state index in [9.17, 15) is 14.4 Å². The highest BCUT2D eigenvalue weighted by molar-refractivity contribution is 14.1. The second kappa shape index (κ2) is 13.2. The number of benzene rings is 4. The van der Waals surface area contributed by atoms with Crippen LogP contribution in [0.15, 0.2) is 101 Å². The van der Waals surface area contributed by atoms with Gasteiger partial charge in [0.1, 0.15) is 42.2 Å². The van der Waals surface area contributed by atoms with Crippen molar-refractivity contribution in [3.63, 3.8) is 0 Å². The Hall–Kier alpha value is -3.68. The van der Waals surface area contributed by atoms with Crippen molar-refractivity contribution in [3.05, 3.63) is 127 Å². The summed E-state index contributed by atoms with van der Waals surface area (Å²) in [7, 11) is 0. The van der Waals surface area contributed by atoms with E-state index in [0.717, 1.165) is 9.13 Å². The first-order valence-corrected chi connectivity index (χ1v) is 13.3. The molecule has 0 aliphatic rings. The Balaban J connectivity index is 1.39. The molecule has 0 fully saturated rings. The van der Waals surface area contributed by atoms with Crippen LogP contribution in [0.4, 0.5) is 10.1 Å². The predicted molar refractivity (Wildman–Crippen MR) is 157 cm³/mol. The molecule has 0 saturated heterocycles. The monoisotopic (exact) mass is 682 g/mol. The molecular formula is C30H21BrFIN2O3. The fourth-order valence-corrected chi connectivity index (χ4v) is 5.24. The molecule has 0 spiro atoms. The summed E-state index contributed by atoms with van der Waals surface area (Å²) in [6, 6.07) is 28.5. The van der Waals surface area contributed by atoms with Crippen molar-refractivity contribution >= 4 is 56.2 Å². The van der Waals surface area contributed by atoms with Gasteiger partial charge in [0.2, 0.25) is 0 Å². The summed E-state index contributed by atoms with van der Waals surface area (Å²) in [6.45, 7) is 0.639. The summed E-state index contributed by atoms with van der Waals surface area (Å²) in [5, 5.41) is 12.4. The van der Waals surface area contributed by atoms with E-state index in [1.54, 1.807) is 48.5 Å². The van der Waals surface area contributed by atoms with Crippen molar-refractivity contribution in [3.8, 4) is 17.6 Å². The van der Waals surface area contributed by atoms with E-state index in [0.29, 0.717) is 39.4 Å². The number of halogens is 3. The number of ether oxygens (including phenoxy) is 2. The van der Waals surface area contributed by atoms with Crippen LogP contribution in [0.1, 0.15) is 16.7 Å². The molecule has 4 aromatic rings. The SMILES string of the molecule is N#C/C(=C\c1cc(Br)c(OCc2cccc(F)c2)c(I)c1)C(=O)Nc1ccc(OCc2ccccc2)cc1. The van der Waals surface area contributed by atoms with E-state index in [-0.39, 0.29) is 18.0 Å². The zero-order chi connectivity index (χ0) is 26.9. The van der Waals surface area contributed by atoms with Crippen LogP contribution in [0.3, 0.4) is 0 Å². The standard InChI is InChI=1S/C30H21BrFIN2O3/c31-27-15-22(16-28(33)29(27)38-19-21-7-4-8-24(32)14-21)13-23(17-34)30(36)35-25-9-11-26(12-10-25)37-18-20-5-2-1-3-6-20/h1-16H,18-19H2,(H,35,36)/b23-13+. The molecule has 0 bridgehead atoms. The summed E-state index contributed by atoms with van der Waals surface area (Å²) in [6.07, 6.45) is 1.51. The van der Waals surface area contributed by atoms with Crippen molar-refractivity contribution in [2.45, 2.75) is 13.2 Å². The molecule has 0 heterocycles. The lowest BCUT2D eigenvalue weighted by atomic mass is 10.1. The minimum atomic E-state index is -0.525. The quantitative estimate of drug-likeness (QED) is 0.111. The van der Waals surface area contributed by atoms with Gasteiger partial charge in [0.25, 0.3) is 5.91 Å². The Morgan fingerprint density at radius 2 is 1.66 bits per heavy atom. The van der Waals surface area contributed by atoms with Crippen molar-refractivity contribution in [1.29, 1.82) is 5.26 Å². The lowest BCUT2D eigenvalue weighted by Gasteiger charge is -2.12. The summed E-state index contributed by atoms with van der Waals surface area (Å²) in [5.74, 6) is 0.407. The van der Waals surface area contributed by atoms with E-state index in [1.165, 1.54) is 18.2 Å². The maximum absolute atomic E-state index is 13.4. The van der Waals surface area contributed by atoms with Crippen LogP contribution in [0, 0.1) is 20.7 Å². The maximum atomic E-state index is 13.4. The van der Waals surface area contributed by atoms with Gasteiger partial charge >= 0.3 is 0 Å². The topological polar surface area (TPSA) is 71.3 Å². The second-order valence-electron chi connectivity index (χ2n) is 8.15. The molecule has 0 radical (unpaired) electrons. The van der Waals surface area contributed by atoms with Crippen molar-refractivity contribution in [2.75, 3.05) is 5.32 Å². The van der Waals surface area contributed by atoms with Gasteiger partial charge in [-0.1, -0.05) is 42.5 Å². The second-order valence-corrected chi connectivity index (χ2v) is 10.2. The molecule has 1 N–H and O–H groups in total. The molecule has 0 atom stereocenters. The Kier molecular flexibility index (Phi) is 9.51. The molecule has 8 heteroatoms. The summed E-state index contributed by atoms with van der Waals surface area (Å²) in [4.78, 5) is 12.8. The Morgan fingerprint density at radius 3 is 2.34 bits per heavy atom. The number of nitriles is 1. The number of anilines is 1. The molecule has 38 heavy (non-hydrogen) atoms. The highest BCUT2D eigenvalue weighted by atomic mass is 127. The fraction of sp³-hybridized carbons (Fsp3) is 0.0667. The van der Waals surface area contributed by atoms with Gasteiger partial charge in [-0.3, -0.25) is 4.79 Å². The van der Waals surface area contributed by atoms with Gasteiger partial charge in [-0.25, -0.2) is 4.39 Å². The molecule has 4 aromatic carbocycles. The summed E-state index contributed by atoms with van der Waals surface area (Å²) >= 11 is 5.61. The van der Waals surface area contributed by atoms with Gasteiger partial charge in [-0.05, 0) is 110 Å². The molecule has 0 unspecified atom stereocenters. The molecule has 0 aliphatic heterocycles. The van der Waals surface area contributed by atoms with Gasteiger partial charge in [0.15, 0.2) is 0 Å². The first-order chi connectivity index (χ1) is 18.4. The zero-order valence-electron chi connectivity index (χ0n) is 20.0. The molecule has 1 amide bonds. The third-order valence-corrected chi connectivity index (χ3v) is 6.72. The van der Waals surface area contributed by atoms with Gasteiger partial charge < -0.3 is 14.8 Å². The van der Waals surface area contributed by atoms with E-state index >= 15 is 0 Å². The normalized spacial score (nSPS) is 10.9. The first-order valence-electron chi connectivity index (χ1n) is 11.5. The molecule has 4 rings (SSSR count). The van der Waals surface area contributed by atoms with Gasteiger partial charge in [-0.15, -0.1) is 0 Å². The number of nitrogens with one attached hydrogen (secondary N) is 1. The Morgan fingerprint density at radius 1 is 0.947 bits per heavy atom. The van der Waals surface area contributed by atoms with E-state index in [1.807, 2.05) is 36.4 Å². The van der Waals surface area contributed by atoms with Crippen molar-refractivity contribution in [1.82, 2.24) is 0 Å². The van der Waals surface area contributed by atoms with Crippen LogP contribution in [-0.4, -0.2) is 5.91 Å². The smallest absolute Gasteiger partial charge is 0.266 e. The predicted octanol–water partition coefficient (Wildman–Crippen LogP) is 7.90. The number of nitrogens with zero attached hydrogens (tertiary/aromatic N) is 1. The van der Waals surface area contributed by atoms with E-state index < -0.39 is 5.91 Å². The highest BCUT2D eigenvalue weighted by Gasteiger charge is 2.13. The lowest BCUT2D eigenvalue weighted by molar-refractivity contribution is -0.112. The number of hydrogen-bond acceptors (Lipinski definition) is 4. The fourth-order valence-electron chi connectivity index (χ4n) is 3.47. The number of hydrogen-bond donors (Lipinski definition) is 1. The third kappa shape index (κ3) is 7.66. The van der Waals surface area contributed by atoms with E-state index in [2.05, 4.69) is 43.8 Å². The van der Waals surface area contributed by atoms with Crippen LogP contribution in [0.25, 0.3) is 6.08 Å². The number of amides is 1. The number of carbonyl (C=O) groups is 1. The molecule has 0 aromatic heterocycles. The minimum Gasteiger partial charge on any atom is -0.489 e. The van der Waals surface area contributed by atoms with Crippen molar-refractivity contribution in [2.24, 2.45) is 0 Å². The van der Waals surface area contributed by atoms with Crippen LogP contribution < -0.4 is 14.8 Å². The molecule has 0 aliphatic carbocycles. The van der Waals surface area contributed by atoms with E-state index in [4.69, 9.17) is 9.47 Å². The lowest BCUT2D eigenvalue weighted by Crippen LogP contribution is -2.13. The number of rotatable bonds is 9. The first kappa shape index (κ1) is 27.4. The average molecular weight is 683 g/mol. The molecule has 5 nitrogen and oxygen atoms in total. The zero-order valence-corrected chi connectivity index (χ0v) is 23.7. The van der Waals surface area contributed by atoms with Crippen molar-refractivity contribution < 1.29 is 18.7 Å². The van der Waals surface area contributed by atoms with Gasteiger partial charge in [0, 0.05) is 5.69 Å². The van der Waals surface area contributed by atoms with Gasteiger partial charge in [0.05, 0.1) is 8.04 Å². The minimum absolute atomic E-state index is 0.0504.